The molecule has 128 valence electrons. The molecule has 3 rings (SSSR count). The first-order valence-electron chi connectivity index (χ1n) is 9.60. The quantitative estimate of drug-likeness (QED) is 0.549. The Kier molecular flexibility index (Phi) is 5.71. The van der Waals surface area contributed by atoms with Gasteiger partial charge in [0, 0.05) is 5.56 Å². The van der Waals surface area contributed by atoms with E-state index in [4.69, 9.17) is 0 Å². The number of hydrogen-bond acceptors (Lipinski definition) is 0. The summed E-state index contributed by atoms with van der Waals surface area (Å²) in [5.74, 6) is 1.40. The molecule has 1 saturated carbocycles. The molecule has 24 heavy (non-hydrogen) atoms. The minimum absolute atomic E-state index is 0.0820. The Labute approximate surface area is 146 Å². The molecule has 0 nitrogen and oxygen atoms in total. The number of halogens is 1. The molecule has 0 N–H and O–H groups in total. The summed E-state index contributed by atoms with van der Waals surface area (Å²) in [6.07, 6.45) is 8.67. The fourth-order valence-electron chi connectivity index (χ4n) is 4.27. The van der Waals surface area contributed by atoms with Crippen LogP contribution in [0.3, 0.4) is 0 Å². The summed E-state index contributed by atoms with van der Waals surface area (Å²) in [5.41, 5.74) is 4.26. The van der Waals surface area contributed by atoms with Crippen molar-refractivity contribution in [3.63, 3.8) is 0 Å². The summed E-state index contributed by atoms with van der Waals surface area (Å²) in [5, 5.41) is 0. The summed E-state index contributed by atoms with van der Waals surface area (Å²) < 4.78 is 14.6. The van der Waals surface area contributed by atoms with Gasteiger partial charge in [-0.3, -0.25) is 0 Å². The van der Waals surface area contributed by atoms with Gasteiger partial charge in [-0.05, 0) is 66.7 Å². The molecule has 0 bridgehead atoms. The summed E-state index contributed by atoms with van der Waals surface area (Å²) in [4.78, 5) is 0. The Morgan fingerprint density at radius 3 is 2.33 bits per heavy atom. The number of rotatable bonds is 5. The Morgan fingerprint density at radius 2 is 1.67 bits per heavy atom. The molecular formula is C23H29F. The van der Waals surface area contributed by atoms with Gasteiger partial charge < -0.3 is 0 Å². The second-order valence-electron chi connectivity index (χ2n) is 7.26. The van der Waals surface area contributed by atoms with Crippen molar-refractivity contribution in [1.29, 1.82) is 0 Å². The van der Waals surface area contributed by atoms with Crippen LogP contribution in [-0.2, 0) is 6.42 Å². The van der Waals surface area contributed by atoms with Crippen LogP contribution < -0.4 is 0 Å². The van der Waals surface area contributed by atoms with Crippen LogP contribution in [0.4, 0.5) is 4.39 Å². The van der Waals surface area contributed by atoms with Crippen LogP contribution in [0.2, 0.25) is 0 Å². The molecule has 1 fully saturated rings. The van der Waals surface area contributed by atoms with Gasteiger partial charge in [0.25, 0.3) is 0 Å². The van der Waals surface area contributed by atoms with Crippen LogP contribution in [-0.4, -0.2) is 0 Å². The topological polar surface area (TPSA) is 0 Å². The van der Waals surface area contributed by atoms with E-state index < -0.39 is 0 Å². The van der Waals surface area contributed by atoms with Gasteiger partial charge in [-0.15, -0.1) is 0 Å². The minimum atomic E-state index is -0.0820. The molecule has 0 radical (unpaired) electrons. The Balaban J connectivity index is 1.86. The molecule has 1 heteroatoms. The smallest absolute Gasteiger partial charge is 0.131 e. The Morgan fingerprint density at radius 1 is 0.917 bits per heavy atom. The molecule has 0 atom stereocenters. The van der Waals surface area contributed by atoms with Crippen LogP contribution in [0.1, 0.15) is 69.4 Å². The van der Waals surface area contributed by atoms with Crippen molar-refractivity contribution in [2.24, 2.45) is 5.92 Å². The van der Waals surface area contributed by atoms with E-state index in [1.807, 2.05) is 12.1 Å². The molecule has 0 aliphatic heterocycles. The molecule has 0 unspecified atom stereocenters. The minimum Gasteiger partial charge on any atom is -0.206 e. The monoisotopic (exact) mass is 324 g/mol. The van der Waals surface area contributed by atoms with Gasteiger partial charge in [-0.2, -0.15) is 0 Å². The molecule has 0 aromatic heterocycles. The third-order valence-electron chi connectivity index (χ3n) is 5.68. The van der Waals surface area contributed by atoms with Crippen molar-refractivity contribution in [3.8, 4) is 11.1 Å². The first-order chi connectivity index (χ1) is 11.7. The van der Waals surface area contributed by atoms with E-state index in [1.165, 1.54) is 44.1 Å². The van der Waals surface area contributed by atoms with E-state index in [2.05, 4.69) is 38.1 Å². The van der Waals surface area contributed by atoms with Gasteiger partial charge in [0.15, 0.2) is 0 Å². The highest BCUT2D eigenvalue weighted by Crippen LogP contribution is 2.41. The molecule has 1 aliphatic carbocycles. The van der Waals surface area contributed by atoms with Gasteiger partial charge in [-0.25, -0.2) is 4.39 Å². The first kappa shape index (κ1) is 17.2. The maximum Gasteiger partial charge on any atom is 0.131 e. The van der Waals surface area contributed by atoms with Crippen LogP contribution in [0.5, 0.6) is 0 Å². The number of hydrogen-bond donors (Lipinski definition) is 0. The largest absolute Gasteiger partial charge is 0.206 e. The summed E-state index contributed by atoms with van der Waals surface area (Å²) in [6, 6.07) is 14.2. The van der Waals surface area contributed by atoms with Crippen LogP contribution >= 0.6 is 0 Å². The highest BCUT2D eigenvalue weighted by Gasteiger charge is 2.24. The first-order valence-corrected chi connectivity index (χ1v) is 9.60. The normalized spacial score (nSPS) is 21.0. The fraction of sp³-hybridized carbons (Fsp3) is 0.478. The average molecular weight is 324 g/mol. The zero-order valence-electron chi connectivity index (χ0n) is 15.0. The lowest BCUT2D eigenvalue weighted by atomic mass is 9.75. The molecule has 2 aromatic carbocycles. The van der Waals surface area contributed by atoms with E-state index in [1.54, 1.807) is 6.07 Å². The van der Waals surface area contributed by atoms with Gasteiger partial charge in [0.2, 0.25) is 0 Å². The van der Waals surface area contributed by atoms with E-state index in [0.29, 0.717) is 5.92 Å². The summed E-state index contributed by atoms with van der Waals surface area (Å²) in [6.45, 7) is 4.35. The summed E-state index contributed by atoms with van der Waals surface area (Å²) >= 11 is 0. The van der Waals surface area contributed by atoms with Crippen LogP contribution in [0, 0.1) is 11.7 Å². The van der Waals surface area contributed by atoms with E-state index >= 15 is 0 Å². The molecule has 0 spiro atoms. The lowest BCUT2D eigenvalue weighted by molar-refractivity contribution is 0.308. The lowest BCUT2D eigenvalue weighted by Gasteiger charge is -2.30. The van der Waals surface area contributed by atoms with Crippen molar-refractivity contribution < 1.29 is 4.39 Å². The summed E-state index contributed by atoms with van der Waals surface area (Å²) in [7, 11) is 0. The maximum atomic E-state index is 14.6. The van der Waals surface area contributed by atoms with E-state index in [-0.39, 0.29) is 5.82 Å². The second kappa shape index (κ2) is 7.96. The zero-order chi connectivity index (χ0) is 16.9. The van der Waals surface area contributed by atoms with Crippen LogP contribution in [0.25, 0.3) is 11.1 Å². The third-order valence-corrected chi connectivity index (χ3v) is 5.68. The Bertz CT molecular complexity index is 665. The van der Waals surface area contributed by atoms with Gasteiger partial charge in [0.1, 0.15) is 5.82 Å². The molecule has 0 heterocycles. The van der Waals surface area contributed by atoms with Crippen molar-refractivity contribution in [1.82, 2.24) is 0 Å². The van der Waals surface area contributed by atoms with Crippen molar-refractivity contribution in [2.75, 3.05) is 0 Å². The van der Waals surface area contributed by atoms with Crippen molar-refractivity contribution in [3.05, 3.63) is 59.4 Å². The lowest BCUT2D eigenvalue weighted by Crippen LogP contribution is -2.14. The molecule has 0 saturated heterocycles. The van der Waals surface area contributed by atoms with E-state index in [0.717, 1.165) is 29.0 Å². The van der Waals surface area contributed by atoms with Crippen molar-refractivity contribution in [2.45, 2.75) is 64.7 Å². The van der Waals surface area contributed by atoms with E-state index in [9.17, 15) is 4.39 Å². The molecular weight excluding hydrogens is 295 g/mol. The van der Waals surface area contributed by atoms with Crippen LogP contribution in [0.15, 0.2) is 42.5 Å². The zero-order valence-corrected chi connectivity index (χ0v) is 15.0. The highest BCUT2D eigenvalue weighted by atomic mass is 19.1. The standard InChI is InChI=1S/C23H29F/c1-3-7-18-10-13-19(14-11-18)20-8-5-6-9-21(20)22-15-12-17(4-2)16-23(22)24/h5-6,8-9,12,15-16,18-19H,3-4,7,10-11,13-14H2,1-2H3. The number of benzene rings is 2. The molecule has 2 aromatic rings. The third kappa shape index (κ3) is 3.71. The predicted octanol–water partition coefficient (Wildman–Crippen LogP) is 7.13. The highest BCUT2D eigenvalue weighted by molar-refractivity contribution is 5.69. The Hall–Kier alpha value is -1.63. The van der Waals surface area contributed by atoms with Gasteiger partial charge in [-0.1, -0.05) is 63.1 Å². The van der Waals surface area contributed by atoms with Gasteiger partial charge in [0.05, 0.1) is 0 Å². The van der Waals surface area contributed by atoms with Crippen molar-refractivity contribution >= 4 is 0 Å². The maximum absolute atomic E-state index is 14.6. The predicted molar refractivity (Wildman–Crippen MR) is 101 cm³/mol. The fourth-order valence-corrected chi connectivity index (χ4v) is 4.27. The second-order valence-corrected chi connectivity index (χ2v) is 7.26. The SMILES string of the molecule is CCCC1CCC(c2ccccc2-c2ccc(CC)cc2F)CC1. The molecule has 0 amide bonds. The molecule has 1 aliphatic rings. The average Bonchev–Trinajstić information content (AvgIpc) is 2.63. The van der Waals surface area contributed by atoms with Gasteiger partial charge >= 0.3 is 0 Å². The number of aryl methyl sites for hydroxylation is 1.